The van der Waals surface area contributed by atoms with Gasteiger partial charge in [-0.1, -0.05) is 12.1 Å². The highest BCUT2D eigenvalue weighted by Crippen LogP contribution is 2.20. The molecule has 2 fully saturated rings. The minimum absolute atomic E-state index is 0. The van der Waals surface area contributed by atoms with E-state index in [0.29, 0.717) is 6.54 Å². The number of guanidine groups is 1. The summed E-state index contributed by atoms with van der Waals surface area (Å²) in [5.74, 6) is 3.37. The van der Waals surface area contributed by atoms with Crippen molar-refractivity contribution >= 4 is 47.4 Å². The lowest BCUT2D eigenvalue weighted by Crippen LogP contribution is -2.40. The number of hydrogen-bond acceptors (Lipinski definition) is 5. The van der Waals surface area contributed by atoms with Crippen LogP contribution in [0.15, 0.2) is 29.3 Å². The summed E-state index contributed by atoms with van der Waals surface area (Å²) in [4.78, 5) is 9.70. The lowest BCUT2D eigenvalue weighted by molar-refractivity contribution is 0.0376. The van der Waals surface area contributed by atoms with Crippen molar-refractivity contribution in [2.45, 2.75) is 19.9 Å². The molecule has 1 aromatic carbocycles. The van der Waals surface area contributed by atoms with Crippen LogP contribution < -0.4 is 15.5 Å². The molecule has 0 aromatic heterocycles. The zero-order valence-corrected chi connectivity index (χ0v) is 20.7. The lowest BCUT2D eigenvalue weighted by atomic mass is 10.2. The first-order chi connectivity index (χ1) is 13.8. The van der Waals surface area contributed by atoms with Crippen LogP contribution in [0, 0.1) is 0 Å². The van der Waals surface area contributed by atoms with Crippen LogP contribution in [0.4, 0.5) is 5.69 Å². The molecule has 2 heterocycles. The van der Waals surface area contributed by atoms with Crippen LogP contribution in [0.1, 0.15) is 18.9 Å². The summed E-state index contributed by atoms with van der Waals surface area (Å²) in [5.41, 5.74) is 2.59. The van der Waals surface area contributed by atoms with E-state index < -0.39 is 0 Å². The van der Waals surface area contributed by atoms with Gasteiger partial charge in [-0.05, 0) is 37.6 Å². The largest absolute Gasteiger partial charge is 0.379 e. The molecule has 0 saturated carbocycles. The smallest absolute Gasteiger partial charge is 0.191 e. The first kappa shape index (κ1) is 24.6. The van der Waals surface area contributed by atoms with E-state index in [-0.39, 0.29) is 24.0 Å². The number of benzene rings is 1. The molecule has 1 aromatic rings. The highest BCUT2D eigenvalue weighted by molar-refractivity contribution is 14.0. The van der Waals surface area contributed by atoms with E-state index in [2.05, 4.69) is 51.6 Å². The minimum atomic E-state index is 0. The Morgan fingerprint density at radius 2 is 1.79 bits per heavy atom. The molecule has 0 radical (unpaired) electrons. The predicted molar refractivity (Wildman–Crippen MR) is 136 cm³/mol. The zero-order valence-electron chi connectivity index (χ0n) is 17.6. The van der Waals surface area contributed by atoms with Gasteiger partial charge in [-0.3, -0.25) is 4.90 Å². The van der Waals surface area contributed by atoms with Gasteiger partial charge in [-0.15, -0.1) is 24.0 Å². The van der Waals surface area contributed by atoms with Gasteiger partial charge in [0.25, 0.3) is 0 Å². The molecule has 2 aliphatic heterocycles. The van der Waals surface area contributed by atoms with Crippen molar-refractivity contribution in [1.82, 2.24) is 15.5 Å². The van der Waals surface area contributed by atoms with Crippen LogP contribution in [0.2, 0.25) is 0 Å². The van der Waals surface area contributed by atoms with Gasteiger partial charge in [0, 0.05) is 56.5 Å². The molecule has 2 N–H and O–H groups in total. The topological polar surface area (TPSA) is 52.1 Å². The van der Waals surface area contributed by atoms with Crippen LogP contribution in [0.5, 0.6) is 0 Å². The SMILES string of the molecule is CCNC(=NCc1ccc(N2CCSCC2)cc1)NCCCN1CCOCC1.I. The number of halogens is 1. The van der Waals surface area contributed by atoms with E-state index in [9.17, 15) is 0 Å². The Balaban J connectivity index is 0.00000300. The normalized spacial score (nSPS) is 18.2. The van der Waals surface area contributed by atoms with Crippen molar-refractivity contribution in [3.63, 3.8) is 0 Å². The zero-order chi connectivity index (χ0) is 19.4. The molecule has 0 unspecified atom stereocenters. The quantitative estimate of drug-likeness (QED) is 0.232. The molecule has 0 bridgehead atoms. The van der Waals surface area contributed by atoms with Crippen LogP contribution in [0.3, 0.4) is 0 Å². The fourth-order valence-electron chi connectivity index (χ4n) is 3.48. The first-order valence-electron chi connectivity index (χ1n) is 10.6. The summed E-state index contributed by atoms with van der Waals surface area (Å²) in [6.45, 7) is 11.9. The molecule has 0 spiro atoms. The summed E-state index contributed by atoms with van der Waals surface area (Å²) < 4.78 is 5.40. The van der Waals surface area contributed by atoms with Gasteiger partial charge in [0.15, 0.2) is 5.96 Å². The third-order valence-electron chi connectivity index (χ3n) is 5.12. The molecule has 164 valence electrons. The van der Waals surface area contributed by atoms with Gasteiger partial charge in [0.1, 0.15) is 0 Å². The van der Waals surface area contributed by atoms with Gasteiger partial charge in [0.05, 0.1) is 19.8 Å². The second-order valence-corrected chi connectivity index (χ2v) is 8.42. The van der Waals surface area contributed by atoms with E-state index >= 15 is 0 Å². The number of anilines is 1. The Morgan fingerprint density at radius 1 is 1.07 bits per heavy atom. The van der Waals surface area contributed by atoms with E-state index in [1.165, 1.54) is 22.8 Å². The van der Waals surface area contributed by atoms with Gasteiger partial charge < -0.3 is 20.3 Å². The highest BCUT2D eigenvalue weighted by atomic mass is 127. The first-order valence-corrected chi connectivity index (χ1v) is 11.7. The van der Waals surface area contributed by atoms with Crippen molar-refractivity contribution in [3.8, 4) is 0 Å². The van der Waals surface area contributed by atoms with Crippen LogP contribution in [0.25, 0.3) is 0 Å². The number of nitrogens with one attached hydrogen (secondary N) is 2. The summed E-state index contributed by atoms with van der Waals surface area (Å²) in [6, 6.07) is 8.90. The van der Waals surface area contributed by atoms with E-state index in [4.69, 9.17) is 9.73 Å². The maximum Gasteiger partial charge on any atom is 0.191 e. The molecule has 0 aliphatic carbocycles. The third-order valence-corrected chi connectivity index (χ3v) is 6.07. The standard InChI is InChI=1S/C21H35N5OS.HI/c1-2-22-21(23-8-3-9-25-10-14-27-15-11-25)24-18-19-4-6-20(7-5-19)26-12-16-28-17-13-26;/h4-7H,2-3,8-18H2,1H3,(H2,22,23,24);1H. The van der Waals surface area contributed by atoms with Gasteiger partial charge >= 0.3 is 0 Å². The molecular formula is C21H36IN5OS. The summed E-state index contributed by atoms with van der Waals surface area (Å²) in [6.07, 6.45) is 1.12. The Bertz CT molecular complexity index is 589. The third kappa shape index (κ3) is 8.90. The average molecular weight is 534 g/mol. The minimum Gasteiger partial charge on any atom is -0.379 e. The van der Waals surface area contributed by atoms with Crippen molar-refractivity contribution in [2.24, 2.45) is 4.99 Å². The number of aliphatic imine (C=N–C) groups is 1. The Kier molecular flexibility index (Phi) is 12.1. The number of hydrogen-bond donors (Lipinski definition) is 2. The van der Waals surface area contributed by atoms with Crippen molar-refractivity contribution in [3.05, 3.63) is 29.8 Å². The average Bonchev–Trinajstić information content (AvgIpc) is 2.76. The molecule has 3 rings (SSSR count). The van der Waals surface area contributed by atoms with Gasteiger partial charge in [-0.2, -0.15) is 11.8 Å². The van der Waals surface area contributed by atoms with Crippen LogP contribution in [-0.4, -0.2) is 81.4 Å². The van der Waals surface area contributed by atoms with E-state index in [1.54, 1.807) is 0 Å². The second-order valence-electron chi connectivity index (χ2n) is 7.20. The van der Waals surface area contributed by atoms with Crippen molar-refractivity contribution in [2.75, 3.05) is 75.4 Å². The van der Waals surface area contributed by atoms with Crippen LogP contribution >= 0.6 is 35.7 Å². The Labute approximate surface area is 197 Å². The number of thioether (sulfide) groups is 1. The second kappa shape index (κ2) is 14.3. The molecule has 6 nitrogen and oxygen atoms in total. The number of morpholine rings is 1. The molecule has 0 amide bonds. The molecule has 29 heavy (non-hydrogen) atoms. The lowest BCUT2D eigenvalue weighted by Gasteiger charge is -2.28. The molecular weight excluding hydrogens is 497 g/mol. The Morgan fingerprint density at radius 3 is 2.48 bits per heavy atom. The summed E-state index contributed by atoms with van der Waals surface area (Å²) in [5, 5.41) is 6.81. The molecule has 2 saturated heterocycles. The fraction of sp³-hybridized carbons (Fsp3) is 0.667. The maximum atomic E-state index is 5.40. The predicted octanol–water partition coefficient (Wildman–Crippen LogP) is 2.64. The highest BCUT2D eigenvalue weighted by Gasteiger charge is 2.11. The van der Waals surface area contributed by atoms with Gasteiger partial charge in [-0.25, -0.2) is 4.99 Å². The molecule has 0 atom stereocenters. The monoisotopic (exact) mass is 533 g/mol. The number of ether oxygens (including phenoxy) is 1. The Hall–Kier alpha value is -0.710. The van der Waals surface area contributed by atoms with Crippen molar-refractivity contribution < 1.29 is 4.74 Å². The van der Waals surface area contributed by atoms with Crippen molar-refractivity contribution in [1.29, 1.82) is 0 Å². The number of nitrogens with zero attached hydrogens (tertiary/aromatic N) is 3. The summed E-state index contributed by atoms with van der Waals surface area (Å²) in [7, 11) is 0. The molecule has 8 heteroatoms. The van der Waals surface area contributed by atoms with E-state index in [1.807, 2.05) is 11.8 Å². The number of rotatable bonds is 8. The summed E-state index contributed by atoms with van der Waals surface area (Å²) >= 11 is 2.05. The fourth-order valence-corrected chi connectivity index (χ4v) is 4.38. The van der Waals surface area contributed by atoms with E-state index in [0.717, 1.165) is 71.4 Å². The maximum absolute atomic E-state index is 5.40. The van der Waals surface area contributed by atoms with Crippen LogP contribution in [-0.2, 0) is 11.3 Å². The molecule has 2 aliphatic rings. The van der Waals surface area contributed by atoms with Gasteiger partial charge in [0.2, 0.25) is 0 Å².